The van der Waals surface area contributed by atoms with Gasteiger partial charge in [0.15, 0.2) is 5.75 Å². The minimum atomic E-state index is -0.866. The van der Waals surface area contributed by atoms with E-state index < -0.39 is 23.2 Å². The molecule has 0 atom stereocenters. The molecule has 0 spiro atoms. The zero-order chi connectivity index (χ0) is 14.3. The Morgan fingerprint density at radius 3 is 2.85 bits per heavy atom. The fraction of sp³-hybridized carbons (Fsp3) is 0.143. The second kappa shape index (κ2) is 4.41. The zero-order valence-electron chi connectivity index (χ0n) is 10.6. The molecule has 1 N–H and O–H groups in total. The van der Waals surface area contributed by atoms with E-state index in [0.717, 1.165) is 5.39 Å². The average molecular weight is 273 g/mol. The van der Waals surface area contributed by atoms with Gasteiger partial charge in [-0.15, -0.1) is 0 Å². The first-order valence-corrected chi connectivity index (χ1v) is 6.07. The molecular formula is C14H11NO5. The van der Waals surface area contributed by atoms with Crippen LogP contribution in [0, 0.1) is 0 Å². The molecule has 20 heavy (non-hydrogen) atoms. The van der Waals surface area contributed by atoms with Crippen molar-refractivity contribution in [3.63, 3.8) is 0 Å². The summed E-state index contributed by atoms with van der Waals surface area (Å²) in [6.45, 7) is 1.74. The predicted octanol–water partition coefficient (Wildman–Crippen LogP) is 1.93. The standard InChI is InChI=1S/C14H11NO5/c1-2-19-13(17)12-11(16)10-7-8-5-3-4-6-9(8)15(10)14(18)20-12/h3-7,16H,2H2,1H3. The molecule has 0 aliphatic heterocycles. The predicted molar refractivity (Wildman–Crippen MR) is 71.1 cm³/mol. The molecule has 1 aromatic carbocycles. The summed E-state index contributed by atoms with van der Waals surface area (Å²) >= 11 is 0. The lowest BCUT2D eigenvalue weighted by Crippen LogP contribution is -2.16. The van der Waals surface area contributed by atoms with Crippen LogP contribution >= 0.6 is 0 Å². The molecule has 0 bridgehead atoms. The maximum absolute atomic E-state index is 12.0. The van der Waals surface area contributed by atoms with Crippen molar-refractivity contribution in [2.45, 2.75) is 6.92 Å². The van der Waals surface area contributed by atoms with Gasteiger partial charge in [-0.05, 0) is 19.1 Å². The molecule has 2 heterocycles. The first-order chi connectivity index (χ1) is 9.63. The Hall–Kier alpha value is -2.76. The summed E-state index contributed by atoms with van der Waals surface area (Å²) in [5, 5.41) is 10.9. The number of para-hydroxylation sites is 1. The van der Waals surface area contributed by atoms with E-state index in [1.807, 2.05) is 6.07 Å². The highest BCUT2D eigenvalue weighted by molar-refractivity contribution is 5.95. The second-order valence-corrected chi connectivity index (χ2v) is 4.19. The van der Waals surface area contributed by atoms with Crippen molar-refractivity contribution in [3.8, 4) is 5.75 Å². The number of carbonyl (C=O) groups excluding carboxylic acids is 1. The van der Waals surface area contributed by atoms with Gasteiger partial charge in [0.1, 0.15) is 0 Å². The van der Waals surface area contributed by atoms with Gasteiger partial charge >= 0.3 is 11.7 Å². The monoisotopic (exact) mass is 273 g/mol. The molecule has 6 heteroatoms. The maximum Gasteiger partial charge on any atom is 0.424 e. The van der Waals surface area contributed by atoms with Gasteiger partial charge in [-0.2, -0.15) is 0 Å². The zero-order valence-corrected chi connectivity index (χ0v) is 10.6. The van der Waals surface area contributed by atoms with Gasteiger partial charge in [-0.1, -0.05) is 18.2 Å². The van der Waals surface area contributed by atoms with Gasteiger partial charge in [0, 0.05) is 5.39 Å². The molecule has 3 rings (SSSR count). The van der Waals surface area contributed by atoms with Crippen LogP contribution in [0.1, 0.15) is 17.5 Å². The molecule has 3 aromatic rings. The largest absolute Gasteiger partial charge is 0.503 e. The maximum atomic E-state index is 12.0. The molecule has 6 nitrogen and oxygen atoms in total. The van der Waals surface area contributed by atoms with E-state index in [4.69, 9.17) is 9.15 Å². The van der Waals surface area contributed by atoms with Crippen LogP contribution in [0.25, 0.3) is 16.4 Å². The number of hydrogen-bond donors (Lipinski definition) is 1. The second-order valence-electron chi connectivity index (χ2n) is 4.19. The van der Waals surface area contributed by atoms with E-state index in [2.05, 4.69) is 0 Å². The van der Waals surface area contributed by atoms with E-state index >= 15 is 0 Å². The minimum absolute atomic E-state index is 0.121. The number of hydrogen-bond acceptors (Lipinski definition) is 5. The highest BCUT2D eigenvalue weighted by Crippen LogP contribution is 2.28. The van der Waals surface area contributed by atoms with Crippen molar-refractivity contribution in [3.05, 3.63) is 46.6 Å². The number of nitrogens with zero attached hydrogens (tertiary/aromatic N) is 1. The first kappa shape index (κ1) is 12.3. The smallest absolute Gasteiger partial charge is 0.424 e. The SMILES string of the molecule is CCOC(=O)c1oc(=O)n2c(cc3ccccc32)c1O. The number of benzene rings is 1. The highest BCUT2D eigenvalue weighted by Gasteiger charge is 2.22. The van der Waals surface area contributed by atoms with Crippen LogP contribution in [0.4, 0.5) is 0 Å². The number of aromatic hydroxyl groups is 1. The molecule has 0 aliphatic rings. The minimum Gasteiger partial charge on any atom is -0.503 e. The number of esters is 1. The highest BCUT2D eigenvalue weighted by atomic mass is 16.5. The van der Waals surface area contributed by atoms with Crippen LogP contribution in [-0.4, -0.2) is 22.1 Å². The molecule has 0 unspecified atom stereocenters. The number of fused-ring (bicyclic) bond motifs is 3. The Labute approximate surface area is 112 Å². The Balaban J connectivity index is 2.39. The number of rotatable bonds is 2. The third-order valence-corrected chi connectivity index (χ3v) is 3.00. The molecule has 0 radical (unpaired) electrons. The Kier molecular flexibility index (Phi) is 2.71. The van der Waals surface area contributed by atoms with E-state index in [9.17, 15) is 14.7 Å². The van der Waals surface area contributed by atoms with Crippen LogP contribution in [0.3, 0.4) is 0 Å². The number of aromatic nitrogens is 1. The molecule has 0 aliphatic carbocycles. The quantitative estimate of drug-likeness (QED) is 0.721. The summed E-state index contributed by atoms with van der Waals surface area (Å²) in [5.74, 6) is -2.50. The van der Waals surface area contributed by atoms with Crippen molar-refractivity contribution in [2.24, 2.45) is 0 Å². The molecule has 0 fully saturated rings. The van der Waals surface area contributed by atoms with E-state index in [1.54, 1.807) is 31.2 Å². The Morgan fingerprint density at radius 2 is 2.10 bits per heavy atom. The Bertz CT molecular complexity index is 874. The first-order valence-electron chi connectivity index (χ1n) is 6.07. The van der Waals surface area contributed by atoms with Crippen LogP contribution in [0.15, 0.2) is 39.5 Å². The van der Waals surface area contributed by atoms with Gasteiger partial charge in [0.25, 0.3) is 5.76 Å². The molecule has 0 saturated carbocycles. The van der Waals surface area contributed by atoms with Gasteiger partial charge in [-0.25, -0.2) is 14.0 Å². The van der Waals surface area contributed by atoms with Crippen LogP contribution in [0.5, 0.6) is 5.75 Å². The van der Waals surface area contributed by atoms with Gasteiger partial charge in [-0.3, -0.25) is 0 Å². The van der Waals surface area contributed by atoms with E-state index in [0.29, 0.717) is 5.52 Å². The molecule has 0 amide bonds. The Morgan fingerprint density at radius 1 is 1.35 bits per heavy atom. The van der Waals surface area contributed by atoms with Gasteiger partial charge < -0.3 is 14.3 Å². The number of carbonyl (C=O) groups is 1. The topological polar surface area (TPSA) is 81.2 Å². The van der Waals surface area contributed by atoms with E-state index in [-0.39, 0.29) is 12.1 Å². The summed E-state index contributed by atoms with van der Waals surface area (Å²) in [6.07, 6.45) is 0. The lowest BCUT2D eigenvalue weighted by atomic mass is 10.2. The molecule has 0 saturated heterocycles. The molecular weight excluding hydrogens is 262 g/mol. The van der Waals surface area contributed by atoms with Crippen molar-refractivity contribution in [1.29, 1.82) is 0 Å². The lowest BCUT2D eigenvalue weighted by molar-refractivity contribution is 0.0477. The third-order valence-electron chi connectivity index (χ3n) is 3.00. The summed E-state index contributed by atoms with van der Waals surface area (Å²) in [7, 11) is 0. The fourth-order valence-corrected chi connectivity index (χ4v) is 2.16. The molecule has 102 valence electrons. The van der Waals surface area contributed by atoms with Crippen LogP contribution in [0.2, 0.25) is 0 Å². The normalized spacial score (nSPS) is 11.1. The summed E-state index contributed by atoms with van der Waals surface area (Å²) in [5.41, 5.74) is 0.812. The summed E-state index contributed by atoms with van der Waals surface area (Å²) < 4.78 is 10.8. The van der Waals surface area contributed by atoms with Crippen molar-refractivity contribution >= 4 is 22.4 Å². The summed E-state index contributed by atoms with van der Waals surface area (Å²) in [4.78, 5) is 23.7. The third kappa shape index (κ3) is 1.65. The molecule has 2 aromatic heterocycles. The lowest BCUT2D eigenvalue weighted by Gasteiger charge is -2.04. The van der Waals surface area contributed by atoms with E-state index in [1.165, 1.54) is 4.40 Å². The van der Waals surface area contributed by atoms with Crippen molar-refractivity contribution < 1.29 is 19.1 Å². The fourth-order valence-electron chi connectivity index (χ4n) is 2.16. The van der Waals surface area contributed by atoms with Crippen molar-refractivity contribution in [2.75, 3.05) is 6.61 Å². The van der Waals surface area contributed by atoms with Crippen LogP contribution in [-0.2, 0) is 4.74 Å². The van der Waals surface area contributed by atoms with Crippen LogP contribution < -0.4 is 5.76 Å². The van der Waals surface area contributed by atoms with Gasteiger partial charge in [0.2, 0.25) is 0 Å². The average Bonchev–Trinajstić information content (AvgIpc) is 2.83. The van der Waals surface area contributed by atoms with Gasteiger partial charge in [0.05, 0.1) is 17.6 Å². The number of ether oxygens (including phenoxy) is 1. The summed E-state index contributed by atoms with van der Waals surface area (Å²) in [6, 6.07) is 8.72. The van der Waals surface area contributed by atoms with Crippen molar-refractivity contribution in [1.82, 2.24) is 4.40 Å².